The van der Waals surface area contributed by atoms with Crippen molar-refractivity contribution in [2.45, 2.75) is 12.5 Å². The lowest BCUT2D eigenvalue weighted by molar-refractivity contribution is 0.323. The van der Waals surface area contributed by atoms with Crippen molar-refractivity contribution in [1.82, 2.24) is 5.32 Å². The van der Waals surface area contributed by atoms with E-state index in [4.69, 9.17) is 18.6 Å². The van der Waals surface area contributed by atoms with Crippen LogP contribution in [0.2, 0.25) is 0 Å². The molecule has 2 rings (SSSR count). The zero-order chi connectivity index (χ0) is 15.2. The van der Waals surface area contributed by atoms with E-state index >= 15 is 0 Å². The standard InChI is InChI=1S/C16H21NO4/c1-17-13(10-12-6-5-7-21-12)11-8-14(18-2)16(20-4)15(9-11)19-3/h5-9,13,17H,10H2,1-4H3. The summed E-state index contributed by atoms with van der Waals surface area (Å²) in [5.41, 5.74) is 1.04. The monoisotopic (exact) mass is 291 g/mol. The predicted molar refractivity (Wildman–Crippen MR) is 80.3 cm³/mol. The molecular formula is C16H21NO4. The van der Waals surface area contributed by atoms with Gasteiger partial charge in [0, 0.05) is 12.5 Å². The molecule has 0 bridgehead atoms. The lowest BCUT2D eigenvalue weighted by Gasteiger charge is -2.19. The summed E-state index contributed by atoms with van der Waals surface area (Å²) in [5.74, 6) is 2.80. The fourth-order valence-corrected chi connectivity index (χ4v) is 2.32. The van der Waals surface area contributed by atoms with Crippen LogP contribution in [0.1, 0.15) is 17.4 Å². The van der Waals surface area contributed by atoms with E-state index < -0.39 is 0 Å². The summed E-state index contributed by atoms with van der Waals surface area (Å²) in [7, 11) is 6.74. The predicted octanol–water partition coefficient (Wildman–Crippen LogP) is 2.81. The quantitative estimate of drug-likeness (QED) is 0.850. The number of methoxy groups -OCH3 is 3. The van der Waals surface area contributed by atoms with E-state index in [1.54, 1.807) is 27.6 Å². The zero-order valence-corrected chi connectivity index (χ0v) is 12.8. The lowest BCUT2D eigenvalue weighted by Crippen LogP contribution is -2.19. The minimum atomic E-state index is 0.0878. The molecule has 0 radical (unpaired) electrons. The average molecular weight is 291 g/mol. The van der Waals surface area contributed by atoms with E-state index in [0.29, 0.717) is 17.2 Å². The summed E-state index contributed by atoms with van der Waals surface area (Å²) >= 11 is 0. The number of furan rings is 1. The number of hydrogen-bond donors (Lipinski definition) is 1. The molecule has 1 aromatic heterocycles. The molecule has 1 N–H and O–H groups in total. The minimum absolute atomic E-state index is 0.0878. The van der Waals surface area contributed by atoms with E-state index in [1.165, 1.54) is 0 Å². The topological polar surface area (TPSA) is 52.9 Å². The highest BCUT2D eigenvalue weighted by molar-refractivity contribution is 5.54. The molecule has 2 aromatic rings. The fraction of sp³-hybridized carbons (Fsp3) is 0.375. The number of rotatable bonds is 7. The van der Waals surface area contributed by atoms with Crippen LogP contribution in [0.15, 0.2) is 34.9 Å². The molecule has 0 fully saturated rings. The van der Waals surface area contributed by atoms with Gasteiger partial charge in [-0.2, -0.15) is 0 Å². The second-order valence-corrected chi connectivity index (χ2v) is 4.58. The molecule has 21 heavy (non-hydrogen) atoms. The summed E-state index contributed by atoms with van der Waals surface area (Å²) < 4.78 is 21.5. The number of benzene rings is 1. The van der Waals surface area contributed by atoms with Gasteiger partial charge in [-0.05, 0) is 36.9 Å². The number of ether oxygens (including phenoxy) is 3. The minimum Gasteiger partial charge on any atom is -0.493 e. The molecule has 1 unspecified atom stereocenters. The normalized spacial score (nSPS) is 12.0. The first-order chi connectivity index (χ1) is 10.2. The molecule has 0 spiro atoms. The molecule has 0 aliphatic rings. The summed E-state index contributed by atoms with van der Waals surface area (Å²) in [6.07, 6.45) is 2.42. The van der Waals surface area contributed by atoms with Gasteiger partial charge in [-0.3, -0.25) is 0 Å². The highest BCUT2D eigenvalue weighted by Gasteiger charge is 2.18. The second-order valence-electron chi connectivity index (χ2n) is 4.58. The summed E-state index contributed by atoms with van der Waals surface area (Å²) in [6.45, 7) is 0. The van der Waals surface area contributed by atoms with Gasteiger partial charge < -0.3 is 23.9 Å². The van der Waals surface area contributed by atoms with Crippen LogP contribution in [0, 0.1) is 0 Å². The lowest BCUT2D eigenvalue weighted by atomic mass is 10.0. The molecule has 0 aliphatic carbocycles. The van der Waals surface area contributed by atoms with Crippen LogP contribution in [0.5, 0.6) is 17.2 Å². The van der Waals surface area contributed by atoms with Crippen molar-refractivity contribution in [1.29, 1.82) is 0 Å². The first kappa shape index (κ1) is 15.3. The highest BCUT2D eigenvalue weighted by atomic mass is 16.5. The van der Waals surface area contributed by atoms with Crippen LogP contribution in [0.25, 0.3) is 0 Å². The Morgan fingerprint density at radius 2 is 1.76 bits per heavy atom. The third-order valence-corrected chi connectivity index (χ3v) is 3.42. The molecular weight excluding hydrogens is 270 g/mol. The van der Waals surface area contributed by atoms with E-state index in [2.05, 4.69) is 5.32 Å². The van der Waals surface area contributed by atoms with Gasteiger partial charge in [-0.25, -0.2) is 0 Å². The van der Waals surface area contributed by atoms with Crippen molar-refractivity contribution in [2.75, 3.05) is 28.4 Å². The van der Waals surface area contributed by atoms with Crippen molar-refractivity contribution in [3.05, 3.63) is 41.9 Å². The number of nitrogens with one attached hydrogen (secondary N) is 1. The maximum absolute atomic E-state index is 5.42. The van der Waals surface area contributed by atoms with Crippen LogP contribution < -0.4 is 19.5 Å². The molecule has 0 saturated carbocycles. The van der Waals surface area contributed by atoms with Gasteiger partial charge in [0.25, 0.3) is 0 Å². The highest BCUT2D eigenvalue weighted by Crippen LogP contribution is 2.40. The third kappa shape index (κ3) is 3.31. The van der Waals surface area contributed by atoms with Crippen molar-refractivity contribution in [3.8, 4) is 17.2 Å². The van der Waals surface area contributed by atoms with Gasteiger partial charge in [-0.15, -0.1) is 0 Å². The smallest absolute Gasteiger partial charge is 0.203 e. The van der Waals surface area contributed by atoms with Crippen LogP contribution in [-0.4, -0.2) is 28.4 Å². The van der Waals surface area contributed by atoms with Crippen molar-refractivity contribution in [2.24, 2.45) is 0 Å². The largest absolute Gasteiger partial charge is 0.493 e. The average Bonchev–Trinajstić information content (AvgIpc) is 3.04. The number of hydrogen-bond acceptors (Lipinski definition) is 5. The molecule has 1 atom stereocenters. The maximum Gasteiger partial charge on any atom is 0.203 e. The Hall–Kier alpha value is -2.14. The second kappa shape index (κ2) is 7.04. The number of likely N-dealkylation sites (N-methyl/N-ethyl adjacent to an activating group) is 1. The summed E-state index contributed by atoms with van der Waals surface area (Å²) in [6, 6.07) is 7.83. The van der Waals surface area contributed by atoms with E-state index in [1.807, 2.05) is 31.3 Å². The van der Waals surface area contributed by atoms with Crippen molar-refractivity contribution >= 4 is 0 Å². The molecule has 0 amide bonds. The van der Waals surface area contributed by atoms with Gasteiger partial charge >= 0.3 is 0 Å². The fourth-order valence-electron chi connectivity index (χ4n) is 2.32. The maximum atomic E-state index is 5.42. The van der Waals surface area contributed by atoms with Gasteiger partial charge in [0.1, 0.15) is 5.76 Å². The van der Waals surface area contributed by atoms with Crippen LogP contribution in [0.3, 0.4) is 0 Å². The molecule has 0 aliphatic heterocycles. The molecule has 5 nitrogen and oxygen atoms in total. The van der Waals surface area contributed by atoms with E-state index in [9.17, 15) is 0 Å². The summed E-state index contributed by atoms with van der Waals surface area (Å²) in [5, 5.41) is 3.28. The molecule has 114 valence electrons. The van der Waals surface area contributed by atoms with E-state index in [-0.39, 0.29) is 6.04 Å². The Labute approximate surface area is 124 Å². The Balaban J connectivity index is 2.36. The Kier molecular flexibility index (Phi) is 5.11. The Morgan fingerprint density at radius 3 is 2.19 bits per heavy atom. The third-order valence-electron chi connectivity index (χ3n) is 3.42. The van der Waals surface area contributed by atoms with Gasteiger partial charge in [0.05, 0.1) is 27.6 Å². The Bertz CT molecular complexity index is 541. The molecule has 1 heterocycles. The van der Waals surface area contributed by atoms with Crippen molar-refractivity contribution < 1.29 is 18.6 Å². The first-order valence-electron chi connectivity index (χ1n) is 6.73. The van der Waals surface area contributed by atoms with Crippen LogP contribution >= 0.6 is 0 Å². The van der Waals surface area contributed by atoms with Crippen LogP contribution in [-0.2, 0) is 6.42 Å². The van der Waals surface area contributed by atoms with Crippen molar-refractivity contribution in [3.63, 3.8) is 0 Å². The van der Waals surface area contributed by atoms with E-state index in [0.717, 1.165) is 17.7 Å². The first-order valence-corrected chi connectivity index (χ1v) is 6.73. The molecule has 5 heteroatoms. The Morgan fingerprint density at radius 1 is 1.10 bits per heavy atom. The van der Waals surface area contributed by atoms with Crippen LogP contribution in [0.4, 0.5) is 0 Å². The van der Waals surface area contributed by atoms with Gasteiger partial charge in [0.2, 0.25) is 5.75 Å². The zero-order valence-electron chi connectivity index (χ0n) is 12.8. The van der Waals surface area contributed by atoms with Gasteiger partial charge in [0.15, 0.2) is 11.5 Å². The van der Waals surface area contributed by atoms with Gasteiger partial charge in [-0.1, -0.05) is 0 Å². The molecule has 1 aromatic carbocycles. The summed E-state index contributed by atoms with van der Waals surface area (Å²) in [4.78, 5) is 0. The SMILES string of the molecule is CNC(Cc1ccco1)c1cc(OC)c(OC)c(OC)c1. The molecule has 0 saturated heterocycles.